The van der Waals surface area contributed by atoms with Gasteiger partial charge in [0.25, 0.3) is 0 Å². The van der Waals surface area contributed by atoms with Crippen LogP contribution in [0.15, 0.2) is 30.3 Å². The van der Waals surface area contributed by atoms with Gasteiger partial charge in [-0.2, -0.15) is 10.4 Å². The summed E-state index contributed by atoms with van der Waals surface area (Å²) in [6, 6.07) is 11.5. The maximum absolute atomic E-state index is 11.5. The van der Waals surface area contributed by atoms with E-state index >= 15 is 0 Å². The van der Waals surface area contributed by atoms with Crippen LogP contribution in [0.1, 0.15) is 18.1 Å². The molecule has 4 rings (SSSR count). The quantitative estimate of drug-likeness (QED) is 0.776. The van der Waals surface area contributed by atoms with Crippen LogP contribution in [-0.2, 0) is 11.2 Å². The van der Waals surface area contributed by atoms with E-state index < -0.39 is 0 Å². The molecule has 0 atom stereocenters. The molecule has 0 bridgehead atoms. The third-order valence-electron chi connectivity index (χ3n) is 4.09. The number of aromatic amines is 1. The molecule has 24 heavy (non-hydrogen) atoms. The molecule has 0 fully saturated rings. The number of nitriles is 1. The average Bonchev–Trinajstić information content (AvgIpc) is 3.15. The normalized spacial score (nSPS) is 12.8. The zero-order valence-electron chi connectivity index (χ0n) is 13.0. The second kappa shape index (κ2) is 5.39. The Morgan fingerprint density at radius 2 is 2.21 bits per heavy atom. The molecule has 2 N–H and O–H groups in total. The number of amides is 1. The van der Waals surface area contributed by atoms with Crippen molar-refractivity contribution in [1.29, 1.82) is 5.26 Å². The maximum Gasteiger partial charge on any atom is 0.228 e. The smallest absolute Gasteiger partial charge is 0.228 e. The third kappa shape index (κ3) is 2.18. The molecule has 2 heterocycles. The highest BCUT2D eigenvalue weighted by Crippen LogP contribution is 2.34. The van der Waals surface area contributed by atoms with Gasteiger partial charge in [0.15, 0.2) is 0 Å². The Morgan fingerprint density at radius 3 is 3.00 bits per heavy atom. The minimum Gasteiger partial charge on any atom is -0.492 e. The van der Waals surface area contributed by atoms with E-state index in [4.69, 9.17) is 4.74 Å². The first-order valence-electron chi connectivity index (χ1n) is 7.67. The molecule has 1 aliphatic heterocycles. The standard InChI is InChI=1S/C18H14N4O2/c1-2-24-16-8-13-15(6-12(16)9-19)21-22-18(13)11-4-3-10-7-17(23)20-14(10)5-11/h3-6,8H,2,7H2,1H3,(H,20,23)(H,21,22). The fourth-order valence-electron chi connectivity index (χ4n) is 2.99. The predicted octanol–water partition coefficient (Wildman–Crippen LogP) is 2.99. The zero-order chi connectivity index (χ0) is 16.7. The number of carbonyl (C=O) groups excluding carboxylic acids is 1. The van der Waals surface area contributed by atoms with Gasteiger partial charge in [-0.3, -0.25) is 9.89 Å². The van der Waals surface area contributed by atoms with Gasteiger partial charge in [0.1, 0.15) is 17.5 Å². The molecule has 1 amide bonds. The molecule has 1 aromatic heterocycles. The van der Waals surface area contributed by atoms with E-state index in [2.05, 4.69) is 21.6 Å². The fraction of sp³-hybridized carbons (Fsp3) is 0.167. The summed E-state index contributed by atoms with van der Waals surface area (Å²) in [5.74, 6) is 0.552. The Labute approximate surface area is 138 Å². The summed E-state index contributed by atoms with van der Waals surface area (Å²) in [5.41, 5.74) is 4.72. The van der Waals surface area contributed by atoms with Gasteiger partial charge in [-0.25, -0.2) is 0 Å². The van der Waals surface area contributed by atoms with Crippen molar-refractivity contribution in [2.75, 3.05) is 11.9 Å². The van der Waals surface area contributed by atoms with Crippen molar-refractivity contribution in [1.82, 2.24) is 10.2 Å². The number of rotatable bonds is 3. The highest BCUT2D eigenvalue weighted by Gasteiger charge is 2.19. The van der Waals surface area contributed by atoms with Crippen LogP contribution in [0.3, 0.4) is 0 Å². The number of anilines is 1. The number of nitrogens with one attached hydrogen (secondary N) is 2. The van der Waals surface area contributed by atoms with Crippen LogP contribution in [-0.4, -0.2) is 22.7 Å². The number of hydrogen-bond donors (Lipinski definition) is 2. The molecule has 0 radical (unpaired) electrons. The summed E-state index contributed by atoms with van der Waals surface area (Å²) in [6.07, 6.45) is 0.414. The van der Waals surface area contributed by atoms with Crippen LogP contribution >= 0.6 is 0 Å². The minimum atomic E-state index is 0.00586. The van der Waals surface area contributed by atoms with E-state index in [0.717, 1.165) is 33.4 Å². The molecule has 0 aliphatic carbocycles. The first-order chi connectivity index (χ1) is 11.7. The molecule has 0 spiro atoms. The Morgan fingerprint density at radius 1 is 1.33 bits per heavy atom. The van der Waals surface area contributed by atoms with E-state index in [0.29, 0.717) is 24.3 Å². The highest BCUT2D eigenvalue weighted by atomic mass is 16.5. The molecule has 1 aliphatic rings. The summed E-state index contributed by atoms with van der Waals surface area (Å²) >= 11 is 0. The lowest BCUT2D eigenvalue weighted by Crippen LogP contribution is -2.03. The van der Waals surface area contributed by atoms with Crippen LogP contribution in [0, 0.1) is 11.3 Å². The lowest BCUT2D eigenvalue weighted by molar-refractivity contribution is -0.115. The summed E-state index contributed by atoms with van der Waals surface area (Å²) in [5, 5.41) is 20.3. The van der Waals surface area contributed by atoms with Crippen LogP contribution in [0.25, 0.3) is 22.2 Å². The van der Waals surface area contributed by atoms with E-state index in [-0.39, 0.29) is 5.91 Å². The molecule has 0 saturated carbocycles. The largest absolute Gasteiger partial charge is 0.492 e. The van der Waals surface area contributed by atoms with Crippen LogP contribution in [0.4, 0.5) is 5.69 Å². The number of carbonyl (C=O) groups is 1. The first kappa shape index (κ1) is 14.3. The number of aromatic nitrogens is 2. The summed E-state index contributed by atoms with van der Waals surface area (Å²) in [6.45, 7) is 2.36. The zero-order valence-corrected chi connectivity index (χ0v) is 13.0. The number of nitrogens with zero attached hydrogens (tertiary/aromatic N) is 2. The van der Waals surface area contributed by atoms with Crippen molar-refractivity contribution in [2.45, 2.75) is 13.3 Å². The van der Waals surface area contributed by atoms with Gasteiger partial charge in [0.05, 0.1) is 24.1 Å². The van der Waals surface area contributed by atoms with Gasteiger partial charge >= 0.3 is 0 Å². The van der Waals surface area contributed by atoms with E-state index in [1.54, 1.807) is 6.07 Å². The van der Waals surface area contributed by atoms with Crippen LogP contribution in [0.5, 0.6) is 5.75 Å². The Hall–Kier alpha value is -3.33. The fourth-order valence-corrected chi connectivity index (χ4v) is 2.99. The molecule has 3 aromatic rings. The van der Waals surface area contributed by atoms with Gasteiger partial charge in [-0.15, -0.1) is 0 Å². The Kier molecular flexibility index (Phi) is 3.21. The minimum absolute atomic E-state index is 0.00586. The first-order valence-corrected chi connectivity index (χ1v) is 7.67. The molecule has 0 unspecified atom stereocenters. The third-order valence-corrected chi connectivity index (χ3v) is 4.09. The van der Waals surface area contributed by atoms with Crippen molar-refractivity contribution in [3.05, 3.63) is 41.5 Å². The lowest BCUT2D eigenvalue weighted by Gasteiger charge is -2.06. The second-order valence-electron chi connectivity index (χ2n) is 5.61. The Bertz CT molecular complexity index is 1010. The number of ether oxygens (including phenoxy) is 1. The number of H-pyrrole nitrogens is 1. The van der Waals surface area contributed by atoms with Crippen LogP contribution in [0.2, 0.25) is 0 Å². The SMILES string of the molecule is CCOc1cc2c(-c3ccc4c(c3)NC(=O)C4)n[nH]c2cc1C#N. The second-order valence-corrected chi connectivity index (χ2v) is 5.61. The average molecular weight is 318 g/mol. The predicted molar refractivity (Wildman–Crippen MR) is 89.7 cm³/mol. The van der Waals surface area contributed by atoms with Crippen molar-refractivity contribution in [2.24, 2.45) is 0 Å². The number of benzene rings is 2. The van der Waals surface area contributed by atoms with Gasteiger partial charge in [0.2, 0.25) is 5.91 Å². The van der Waals surface area contributed by atoms with E-state index in [1.165, 1.54) is 0 Å². The van der Waals surface area contributed by atoms with Crippen molar-refractivity contribution in [3.8, 4) is 23.1 Å². The molecule has 0 saturated heterocycles. The monoisotopic (exact) mass is 318 g/mol. The number of fused-ring (bicyclic) bond motifs is 2. The molecule has 118 valence electrons. The molecule has 6 heteroatoms. The topological polar surface area (TPSA) is 90.8 Å². The van der Waals surface area contributed by atoms with Gasteiger partial charge in [-0.05, 0) is 30.7 Å². The molecule has 2 aromatic carbocycles. The van der Waals surface area contributed by atoms with Crippen molar-refractivity contribution < 1.29 is 9.53 Å². The lowest BCUT2D eigenvalue weighted by atomic mass is 10.0. The summed E-state index contributed by atoms with van der Waals surface area (Å²) in [4.78, 5) is 11.5. The number of hydrogen-bond acceptors (Lipinski definition) is 4. The maximum atomic E-state index is 11.5. The van der Waals surface area contributed by atoms with Gasteiger partial charge in [0, 0.05) is 16.6 Å². The van der Waals surface area contributed by atoms with Crippen LogP contribution < -0.4 is 10.1 Å². The van der Waals surface area contributed by atoms with E-state index in [1.807, 2.05) is 31.2 Å². The summed E-state index contributed by atoms with van der Waals surface area (Å²) < 4.78 is 5.56. The highest BCUT2D eigenvalue weighted by molar-refractivity contribution is 6.01. The van der Waals surface area contributed by atoms with Gasteiger partial charge < -0.3 is 10.1 Å². The molecule has 6 nitrogen and oxygen atoms in total. The van der Waals surface area contributed by atoms with Crippen molar-refractivity contribution >= 4 is 22.5 Å². The van der Waals surface area contributed by atoms with Crippen molar-refractivity contribution in [3.63, 3.8) is 0 Å². The Balaban J connectivity index is 1.86. The molecular formula is C18H14N4O2. The van der Waals surface area contributed by atoms with E-state index in [9.17, 15) is 10.1 Å². The summed E-state index contributed by atoms with van der Waals surface area (Å²) in [7, 11) is 0. The van der Waals surface area contributed by atoms with Gasteiger partial charge in [-0.1, -0.05) is 12.1 Å². The molecular weight excluding hydrogens is 304 g/mol.